The summed E-state index contributed by atoms with van der Waals surface area (Å²) in [4.78, 5) is 9.69. The van der Waals surface area contributed by atoms with Crippen LogP contribution in [-0.4, -0.2) is 16.1 Å². The first-order valence-corrected chi connectivity index (χ1v) is 7.85. The lowest BCUT2D eigenvalue weighted by atomic mass is 10.2. The van der Waals surface area contributed by atoms with Crippen LogP contribution in [0.3, 0.4) is 0 Å². The average molecular weight is 303 g/mol. The molecule has 112 valence electrons. The Morgan fingerprint density at radius 1 is 1.14 bits per heavy atom. The number of nitrogens with two attached hydrogens (primary N) is 1. The quantitative estimate of drug-likeness (QED) is 0.846. The normalized spacial score (nSPS) is 12.2. The van der Waals surface area contributed by atoms with Crippen molar-refractivity contribution in [3.8, 4) is 6.01 Å². The molecule has 0 aliphatic carbocycles. The van der Waals surface area contributed by atoms with Gasteiger partial charge in [0.25, 0.3) is 0 Å². The van der Waals surface area contributed by atoms with E-state index in [2.05, 4.69) is 48.9 Å². The topological polar surface area (TPSA) is 61.0 Å². The lowest BCUT2D eigenvalue weighted by Gasteiger charge is -2.12. The van der Waals surface area contributed by atoms with Gasteiger partial charge in [-0.15, -0.1) is 0 Å². The van der Waals surface area contributed by atoms with Crippen LogP contribution >= 0.6 is 11.8 Å². The number of hydrogen-bond acceptors (Lipinski definition) is 5. The number of aromatic nitrogens is 2. The molecule has 1 aromatic carbocycles. The minimum atomic E-state index is 0.0749. The fraction of sp³-hybridized carbons (Fsp3) is 0.375. The third kappa shape index (κ3) is 4.63. The van der Waals surface area contributed by atoms with Crippen LogP contribution in [0.15, 0.2) is 34.2 Å². The average Bonchev–Trinajstić information content (AvgIpc) is 2.36. The van der Waals surface area contributed by atoms with Crippen molar-refractivity contribution in [2.45, 2.75) is 50.1 Å². The highest BCUT2D eigenvalue weighted by molar-refractivity contribution is 7.99. The van der Waals surface area contributed by atoms with Crippen LogP contribution in [0.4, 0.5) is 5.82 Å². The van der Waals surface area contributed by atoms with Crippen molar-refractivity contribution in [2.75, 3.05) is 5.73 Å². The Hall–Kier alpha value is -1.75. The minimum absolute atomic E-state index is 0.0749. The summed E-state index contributed by atoms with van der Waals surface area (Å²) in [6.07, 6.45) is 0.975. The maximum absolute atomic E-state index is 5.85. The Kier molecular flexibility index (Phi) is 5.07. The zero-order chi connectivity index (χ0) is 15.4. The van der Waals surface area contributed by atoms with Crippen LogP contribution in [0.25, 0.3) is 0 Å². The molecule has 2 N–H and O–H groups in total. The van der Waals surface area contributed by atoms with Gasteiger partial charge in [0.15, 0.2) is 0 Å². The molecule has 1 atom stereocenters. The second-order valence-electron chi connectivity index (χ2n) is 5.18. The van der Waals surface area contributed by atoms with Gasteiger partial charge in [0, 0.05) is 11.0 Å². The molecule has 21 heavy (non-hydrogen) atoms. The lowest BCUT2D eigenvalue weighted by Crippen LogP contribution is -2.12. The number of rotatable bonds is 5. The van der Waals surface area contributed by atoms with E-state index >= 15 is 0 Å². The Balaban J connectivity index is 2.23. The summed E-state index contributed by atoms with van der Waals surface area (Å²) in [6.45, 7) is 8.22. The molecule has 0 saturated heterocycles. The highest BCUT2D eigenvalue weighted by Gasteiger charge is 2.09. The molecule has 4 nitrogen and oxygen atoms in total. The minimum Gasteiger partial charge on any atom is -0.460 e. The van der Waals surface area contributed by atoms with E-state index in [1.165, 1.54) is 11.1 Å². The van der Waals surface area contributed by atoms with Crippen LogP contribution in [0.2, 0.25) is 0 Å². The molecule has 2 rings (SSSR count). The van der Waals surface area contributed by atoms with Crippen molar-refractivity contribution < 1.29 is 4.74 Å². The summed E-state index contributed by atoms with van der Waals surface area (Å²) in [5.74, 6) is 0.426. The molecular weight excluding hydrogens is 282 g/mol. The van der Waals surface area contributed by atoms with Crippen LogP contribution in [0, 0.1) is 13.8 Å². The van der Waals surface area contributed by atoms with E-state index in [4.69, 9.17) is 10.5 Å². The van der Waals surface area contributed by atoms with Crippen LogP contribution in [0.5, 0.6) is 6.01 Å². The van der Waals surface area contributed by atoms with Gasteiger partial charge in [-0.2, -0.15) is 9.97 Å². The van der Waals surface area contributed by atoms with Gasteiger partial charge in [-0.1, -0.05) is 24.8 Å². The third-order valence-corrected chi connectivity index (χ3v) is 3.89. The Labute approximate surface area is 130 Å². The van der Waals surface area contributed by atoms with Gasteiger partial charge in [0.1, 0.15) is 10.8 Å². The first kappa shape index (κ1) is 15.6. The Bertz CT molecular complexity index is 611. The maximum atomic E-state index is 5.85. The Morgan fingerprint density at radius 3 is 2.43 bits per heavy atom. The summed E-state index contributed by atoms with van der Waals surface area (Å²) in [5, 5.41) is 0.797. The highest BCUT2D eigenvalue weighted by atomic mass is 32.2. The van der Waals surface area contributed by atoms with Crippen LogP contribution < -0.4 is 10.5 Å². The molecule has 0 saturated carbocycles. The van der Waals surface area contributed by atoms with Crippen molar-refractivity contribution in [1.29, 1.82) is 0 Å². The van der Waals surface area contributed by atoms with Gasteiger partial charge in [-0.25, -0.2) is 0 Å². The first-order valence-electron chi connectivity index (χ1n) is 7.03. The molecule has 0 bridgehead atoms. The SMILES string of the molecule is CCC(C)Oc1nc(N)cc(Sc2cc(C)cc(C)c2)n1. The van der Waals surface area contributed by atoms with E-state index in [9.17, 15) is 0 Å². The fourth-order valence-corrected chi connectivity index (χ4v) is 2.94. The molecule has 0 amide bonds. The zero-order valence-electron chi connectivity index (χ0n) is 12.9. The van der Waals surface area contributed by atoms with E-state index in [1.54, 1.807) is 17.8 Å². The molecule has 1 heterocycles. The Morgan fingerprint density at radius 2 is 1.81 bits per heavy atom. The molecule has 1 unspecified atom stereocenters. The molecule has 5 heteroatoms. The summed E-state index contributed by atoms with van der Waals surface area (Å²) in [5.41, 5.74) is 8.31. The number of hydrogen-bond donors (Lipinski definition) is 1. The van der Waals surface area contributed by atoms with E-state index in [-0.39, 0.29) is 6.10 Å². The molecule has 0 fully saturated rings. The maximum Gasteiger partial charge on any atom is 0.319 e. The molecule has 0 aliphatic rings. The number of nitrogens with zero attached hydrogens (tertiary/aromatic N) is 2. The van der Waals surface area contributed by atoms with Gasteiger partial charge in [-0.3, -0.25) is 0 Å². The second-order valence-corrected chi connectivity index (χ2v) is 6.27. The van der Waals surface area contributed by atoms with Crippen molar-refractivity contribution in [1.82, 2.24) is 9.97 Å². The van der Waals surface area contributed by atoms with Crippen LogP contribution in [-0.2, 0) is 0 Å². The molecule has 2 aromatic rings. The zero-order valence-corrected chi connectivity index (χ0v) is 13.7. The van der Waals surface area contributed by atoms with E-state index < -0.39 is 0 Å². The predicted molar refractivity (Wildman–Crippen MR) is 86.9 cm³/mol. The molecule has 0 spiro atoms. The summed E-state index contributed by atoms with van der Waals surface area (Å²) >= 11 is 1.57. The third-order valence-electron chi connectivity index (χ3n) is 3.00. The second kappa shape index (κ2) is 6.80. The number of ether oxygens (including phenoxy) is 1. The number of aryl methyl sites for hydroxylation is 2. The van der Waals surface area contributed by atoms with Gasteiger partial charge in [0.2, 0.25) is 0 Å². The van der Waals surface area contributed by atoms with E-state index in [0.717, 1.165) is 16.3 Å². The molecular formula is C16H21N3OS. The van der Waals surface area contributed by atoms with Crippen molar-refractivity contribution in [2.24, 2.45) is 0 Å². The van der Waals surface area contributed by atoms with Crippen molar-refractivity contribution in [3.63, 3.8) is 0 Å². The van der Waals surface area contributed by atoms with Crippen LogP contribution in [0.1, 0.15) is 31.4 Å². The molecule has 1 aromatic heterocycles. The van der Waals surface area contributed by atoms with E-state index in [0.29, 0.717) is 11.8 Å². The van der Waals surface area contributed by atoms with Gasteiger partial charge >= 0.3 is 6.01 Å². The predicted octanol–water partition coefficient (Wildman–Crippen LogP) is 4.00. The number of benzene rings is 1. The largest absolute Gasteiger partial charge is 0.460 e. The van der Waals surface area contributed by atoms with Gasteiger partial charge in [0.05, 0.1) is 6.10 Å². The smallest absolute Gasteiger partial charge is 0.319 e. The lowest BCUT2D eigenvalue weighted by molar-refractivity contribution is 0.198. The highest BCUT2D eigenvalue weighted by Crippen LogP contribution is 2.29. The fourth-order valence-electron chi connectivity index (χ4n) is 1.90. The van der Waals surface area contributed by atoms with Gasteiger partial charge < -0.3 is 10.5 Å². The number of anilines is 1. The van der Waals surface area contributed by atoms with E-state index in [1.807, 2.05) is 6.92 Å². The summed E-state index contributed by atoms with van der Waals surface area (Å²) in [7, 11) is 0. The molecule has 0 aliphatic heterocycles. The van der Waals surface area contributed by atoms with Gasteiger partial charge in [-0.05, 0) is 50.5 Å². The van der Waals surface area contributed by atoms with Crippen molar-refractivity contribution in [3.05, 3.63) is 35.4 Å². The standard InChI is InChI=1S/C16H21N3OS/c1-5-12(4)20-16-18-14(17)9-15(19-16)21-13-7-10(2)6-11(3)8-13/h6-9,12H,5H2,1-4H3,(H2,17,18,19). The monoisotopic (exact) mass is 303 g/mol. The first-order chi connectivity index (χ1) is 9.96. The van der Waals surface area contributed by atoms with Crippen molar-refractivity contribution >= 4 is 17.6 Å². The summed E-state index contributed by atoms with van der Waals surface area (Å²) in [6, 6.07) is 8.52. The molecule has 0 radical (unpaired) electrons. The number of nitrogen functional groups attached to an aromatic ring is 1. The summed E-state index contributed by atoms with van der Waals surface area (Å²) < 4.78 is 5.65.